The Kier molecular flexibility index (Phi) is 3.72. The molecule has 1 aromatic rings. The molecule has 0 saturated heterocycles. The molecular weight excluding hydrogens is 230 g/mol. The molecule has 0 aliphatic carbocycles. The Hall–Kier alpha value is -1.75. The summed E-state index contributed by atoms with van der Waals surface area (Å²) in [6.07, 6.45) is 0.909. The molecule has 0 aromatic heterocycles. The second kappa shape index (κ2) is 5.27. The number of carbonyl (C=O) groups is 1. The standard InChI is InChI=1S/C13H19N3O2/c1-15(2)7-4-8-16-12(17)9-18-11-6-3-5-10(14)13(11)16/h3,5-6H,4,7-9,14H2,1-2H3. The Labute approximate surface area is 107 Å². The second-order valence-electron chi connectivity index (χ2n) is 4.68. The molecule has 2 N–H and O–H groups in total. The van der Waals surface area contributed by atoms with Gasteiger partial charge < -0.3 is 20.3 Å². The van der Waals surface area contributed by atoms with Crippen molar-refractivity contribution in [1.82, 2.24) is 4.90 Å². The maximum atomic E-state index is 11.9. The van der Waals surface area contributed by atoms with E-state index in [0.717, 1.165) is 13.0 Å². The highest BCUT2D eigenvalue weighted by atomic mass is 16.5. The summed E-state index contributed by atoms with van der Waals surface area (Å²) in [7, 11) is 4.03. The number of carbonyl (C=O) groups excluding carboxylic acids is 1. The van der Waals surface area contributed by atoms with Gasteiger partial charge in [0, 0.05) is 6.54 Å². The molecule has 0 fully saturated rings. The molecule has 1 heterocycles. The number of nitrogens with zero attached hydrogens (tertiary/aromatic N) is 2. The summed E-state index contributed by atoms with van der Waals surface area (Å²) in [5.41, 5.74) is 7.24. The number of ether oxygens (including phenoxy) is 1. The van der Waals surface area contributed by atoms with Gasteiger partial charge in [-0.25, -0.2) is 0 Å². The van der Waals surface area contributed by atoms with Crippen LogP contribution in [0.15, 0.2) is 18.2 Å². The highest BCUT2D eigenvalue weighted by Crippen LogP contribution is 2.37. The van der Waals surface area contributed by atoms with E-state index in [-0.39, 0.29) is 12.5 Å². The molecular formula is C13H19N3O2. The molecule has 0 bridgehead atoms. The van der Waals surface area contributed by atoms with Gasteiger partial charge in [0.15, 0.2) is 6.61 Å². The molecule has 2 rings (SSSR count). The van der Waals surface area contributed by atoms with E-state index in [0.29, 0.717) is 23.7 Å². The van der Waals surface area contributed by atoms with Gasteiger partial charge in [0.1, 0.15) is 11.4 Å². The Morgan fingerprint density at radius 1 is 1.44 bits per heavy atom. The highest BCUT2D eigenvalue weighted by molar-refractivity contribution is 6.01. The monoisotopic (exact) mass is 249 g/mol. The predicted molar refractivity (Wildman–Crippen MR) is 71.9 cm³/mol. The van der Waals surface area contributed by atoms with E-state index >= 15 is 0 Å². The van der Waals surface area contributed by atoms with Gasteiger partial charge in [-0.15, -0.1) is 0 Å². The maximum Gasteiger partial charge on any atom is 0.265 e. The highest BCUT2D eigenvalue weighted by Gasteiger charge is 2.26. The predicted octanol–water partition coefficient (Wildman–Crippen LogP) is 0.946. The summed E-state index contributed by atoms with van der Waals surface area (Å²) in [4.78, 5) is 15.7. The molecule has 1 aliphatic rings. The lowest BCUT2D eigenvalue weighted by Crippen LogP contribution is -2.40. The average Bonchev–Trinajstić information content (AvgIpc) is 2.32. The normalized spacial score (nSPS) is 14.6. The van der Waals surface area contributed by atoms with Gasteiger partial charge in [0.2, 0.25) is 0 Å². The summed E-state index contributed by atoms with van der Waals surface area (Å²) in [5, 5.41) is 0. The number of amides is 1. The van der Waals surface area contributed by atoms with E-state index in [2.05, 4.69) is 4.90 Å². The Bertz CT molecular complexity index is 446. The third-order valence-electron chi connectivity index (χ3n) is 2.94. The molecule has 98 valence electrons. The maximum absolute atomic E-state index is 11.9. The molecule has 18 heavy (non-hydrogen) atoms. The molecule has 1 aliphatic heterocycles. The van der Waals surface area contributed by atoms with Crippen LogP contribution in [0.5, 0.6) is 5.75 Å². The average molecular weight is 249 g/mol. The number of rotatable bonds is 4. The van der Waals surface area contributed by atoms with Crippen molar-refractivity contribution in [2.45, 2.75) is 6.42 Å². The Morgan fingerprint density at radius 3 is 2.94 bits per heavy atom. The largest absolute Gasteiger partial charge is 0.481 e. The second-order valence-corrected chi connectivity index (χ2v) is 4.68. The third kappa shape index (κ3) is 2.56. The van der Waals surface area contributed by atoms with Crippen molar-refractivity contribution in [1.29, 1.82) is 0 Å². The summed E-state index contributed by atoms with van der Waals surface area (Å²) < 4.78 is 5.39. The minimum absolute atomic E-state index is 0.0286. The number of hydrogen-bond donors (Lipinski definition) is 1. The summed E-state index contributed by atoms with van der Waals surface area (Å²) in [6, 6.07) is 5.47. The summed E-state index contributed by atoms with van der Waals surface area (Å²) >= 11 is 0. The van der Waals surface area contributed by atoms with Gasteiger partial charge >= 0.3 is 0 Å². The molecule has 0 spiro atoms. The molecule has 0 unspecified atom stereocenters. The number of nitrogen functional groups attached to an aromatic ring is 1. The zero-order valence-electron chi connectivity index (χ0n) is 10.8. The Balaban J connectivity index is 2.17. The minimum atomic E-state index is -0.0286. The van der Waals surface area contributed by atoms with E-state index < -0.39 is 0 Å². The molecule has 0 atom stereocenters. The van der Waals surface area contributed by atoms with Crippen molar-refractivity contribution < 1.29 is 9.53 Å². The zero-order chi connectivity index (χ0) is 13.1. The zero-order valence-corrected chi connectivity index (χ0v) is 10.8. The van der Waals surface area contributed by atoms with E-state index in [1.165, 1.54) is 0 Å². The number of hydrogen-bond acceptors (Lipinski definition) is 4. The van der Waals surface area contributed by atoms with E-state index in [1.807, 2.05) is 26.2 Å². The number of nitrogens with two attached hydrogens (primary N) is 1. The molecule has 0 saturated carbocycles. The lowest BCUT2D eigenvalue weighted by molar-refractivity contribution is -0.121. The summed E-state index contributed by atoms with van der Waals surface area (Å²) in [6.45, 7) is 1.70. The van der Waals surface area contributed by atoms with Crippen LogP contribution in [0.4, 0.5) is 11.4 Å². The topological polar surface area (TPSA) is 58.8 Å². The van der Waals surface area contributed by atoms with Crippen LogP contribution < -0.4 is 15.4 Å². The van der Waals surface area contributed by atoms with Crippen LogP contribution in [-0.2, 0) is 4.79 Å². The van der Waals surface area contributed by atoms with Crippen LogP contribution in [0.2, 0.25) is 0 Å². The van der Waals surface area contributed by atoms with Crippen LogP contribution in [0, 0.1) is 0 Å². The molecule has 1 amide bonds. The fraction of sp³-hybridized carbons (Fsp3) is 0.462. The van der Waals surface area contributed by atoms with Gasteiger partial charge in [-0.05, 0) is 39.2 Å². The lowest BCUT2D eigenvalue weighted by Gasteiger charge is -2.30. The fourth-order valence-electron chi connectivity index (χ4n) is 2.07. The summed E-state index contributed by atoms with van der Waals surface area (Å²) in [5.74, 6) is 0.665. The van der Waals surface area contributed by atoms with Crippen molar-refractivity contribution in [2.75, 3.05) is 44.4 Å². The van der Waals surface area contributed by atoms with Gasteiger partial charge in [-0.3, -0.25) is 4.79 Å². The van der Waals surface area contributed by atoms with Crippen LogP contribution in [0.3, 0.4) is 0 Å². The van der Waals surface area contributed by atoms with Crippen molar-refractivity contribution in [3.05, 3.63) is 18.2 Å². The first-order valence-electron chi connectivity index (χ1n) is 6.06. The third-order valence-corrected chi connectivity index (χ3v) is 2.94. The van der Waals surface area contributed by atoms with Crippen LogP contribution in [-0.4, -0.2) is 44.6 Å². The first kappa shape index (κ1) is 12.7. The van der Waals surface area contributed by atoms with Gasteiger partial charge in [-0.2, -0.15) is 0 Å². The van der Waals surface area contributed by atoms with Crippen molar-refractivity contribution in [3.8, 4) is 5.75 Å². The SMILES string of the molecule is CN(C)CCCN1C(=O)COc2cccc(N)c21. The van der Waals surface area contributed by atoms with E-state index in [4.69, 9.17) is 10.5 Å². The smallest absolute Gasteiger partial charge is 0.265 e. The van der Waals surface area contributed by atoms with Crippen molar-refractivity contribution >= 4 is 17.3 Å². The van der Waals surface area contributed by atoms with Gasteiger partial charge in [0.05, 0.1) is 5.69 Å². The van der Waals surface area contributed by atoms with Gasteiger partial charge in [-0.1, -0.05) is 6.07 Å². The number of anilines is 2. The minimum Gasteiger partial charge on any atom is -0.481 e. The first-order chi connectivity index (χ1) is 8.59. The van der Waals surface area contributed by atoms with Crippen molar-refractivity contribution in [2.24, 2.45) is 0 Å². The number of fused-ring (bicyclic) bond motifs is 1. The first-order valence-corrected chi connectivity index (χ1v) is 6.06. The quantitative estimate of drug-likeness (QED) is 0.807. The number of benzene rings is 1. The van der Waals surface area contributed by atoms with Crippen LogP contribution in [0.1, 0.15) is 6.42 Å². The molecule has 1 aromatic carbocycles. The molecule has 0 radical (unpaired) electrons. The van der Waals surface area contributed by atoms with E-state index in [1.54, 1.807) is 11.0 Å². The number of para-hydroxylation sites is 1. The van der Waals surface area contributed by atoms with Crippen molar-refractivity contribution in [3.63, 3.8) is 0 Å². The molecule has 5 nitrogen and oxygen atoms in total. The van der Waals surface area contributed by atoms with E-state index in [9.17, 15) is 4.79 Å². The van der Waals surface area contributed by atoms with Crippen LogP contribution >= 0.6 is 0 Å². The fourth-order valence-corrected chi connectivity index (χ4v) is 2.07. The van der Waals surface area contributed by atoms with Gasteiger partial charge in [0.25, 0.3) is 5.91 Å². The van der Waals surface area contributed by atoms with Crippen LogP contribution in [0.25, 0.3) is 0 Å². The molecule has 5 heteroatoms. The lowest BCUT2D eigenvalue weighted by atomic mass is 10.2. The Morgan fingerprint density at radius 2 is 2.22 bits per heavy atom.